The fourth-order valence-electron chi connectivity index (χ4n) is 2.85. The Morgan fingerprint density at radius 3 is 2.82 bits per heavy atom. The van der Waals surface area contributed by atoms with E-state index in [1.165, 1.54) is 0 Å². The van der Waals surface area contributed by atoms with Crippen molar-refractivity contribution < 1.29 is 9.53 Å². The largest absolute Gasteiger partial charge is 0.383 e. The van der Waals surface area contributed by atoms with Crippen molar-refractivity contribution in [3.8, 4) is 11.5 Å². The number of aryl methyl sites for hydroxylation is 2. The van der Waals surface area contributed by atoms with Crippen LogP contribution in [0.25, 0.3) is 11.5 Å². The Balaban J connectivity index is 1.99. The van der Waals surface area contributed by atoms with E-state index in [1.807, 2.05) is 31.5 Å². The van der Waals surface area contributed by atoms with Gasteiger partial charge in [-0.25, -0.2) is 0 Å². The number of fused-ring (bicyclic) bond motifs is 1. The molecule has 3 heterocycles. The van der Waals surface area contributed by atoms with Crippen molar-refractivity contribution in [2.75, 3.05) is 20.3 Å². The summed E-state index contributed by atoms with van der Waals surface area (Å²) >= 11 is 0. The van der Waals surface area contributed by atoms with E-state index in [4.69, 9.17) is 4.74 Å². The highest BCUT2D eigenvalue weighted by molar-refractivity contribution is 5.81. The first-order chi connectivity index (χ1) is 10.5. The van der Waals surface area contributed by atoms with Gasteiger partial charge in [0, 0.05) is 20.7 Å². The Labute approximate surface area is 128 Å². The van der Waals surface area contributed by atoms with Gasteiger partial charge in [0.1, 0.15) is 11.7 Å². The average molecular weight is 304 g/mol. The second-order valence-electron chi connectivity index (χ2n) is 5.53. The number of carbonyl (C=O) groups excluding carboxylic acids is 1. The third-order valence-electron chi connectivity index (χ3n) is 3.95. The quantitative estimate of drug-likeness (QED) is 0.823. The number of methoxy groups -OCH3 is 1. The fourth-order valence-corrected chi connectivity index (χ4v) is 2.85. The number of amides is 1. The van der Waals surface area contributed by atoms with E-state index in [9.17, 15) is 4.79 Å². The molecule has 0 aliphatic carbocycles. The number of ether oxygens (including phenoxy) is 1. The van der Waals surface area contributed by atoms with Crippen molar-refractivity contribution in [2.45, 2.75) is 26.4 Å². The first-order valence-corrected chi connectivity index (χ1v) is 7.25. The maximum Gasteiger partial charge on any atom is 0.245 e. The lowest BCUT2D eigenvalue weighted by molar-refractivity contribution is -0.137. The summed E-state index contributed by atoms with van der Waals surface area (Å²) in [7, 11) is 3.49. The standard InChI is InChI=1S/C14H20N6O2/c1-9-7-11(18(3)17-9)13-16-15-12-8-19(5-6-22-4)14(21)10(2)20(12)13/h7,10H,5-6,8H2,1-4H3/t10-/m0/s1. The molecule has 8 nitrogen and oxygen atoms in total. The summed E-state index contributed by atoms with van der Waals surface area (Å²) in [5.41, 5.74) is 1.77. The Morgan fingerprint density at radius 1 is 1.41 bits per heavy atom. The van der Waals surface area contributed by atoms with Crippen molar-refractivity contribution in [3.63, 3.8) is 0 Å². The maximum absolute atomic E-state index is 12.5. The summed E-state index contributed by atoms with van der Waals surface area (Å²) in [5, 5.41) is 12.9. The molecular weight excluding hydrogens is 284 g/mol. The van der Waals surface area contributed by atoms with Crippen LogP contribution < -0.4 is 0 Å². The SMILES string of the molecule is COCCN1Cc2nnc(-c3cc(C)nn3C)n2[C@@H](C)C1=O. The summed E-state index contributed by atoms with van der Waals surface area (Å²) in [6.07, 6.45) is 0. The van der Waals surface area contributed by atoms with Gasteiger partial charge in [-0.2, -0.15) is 5.10 Å². The van der Waals surface area contributed by atoms with Crippen LogP contribution in [-0.2, 0) is 23.1 Å². The van der Waals surface area contributed by atoms with E-state index in [2.05, 4.69) is 15.3 Å². The van der Waals surface area contributed by atoms with Crippen molar-refractivity contribution >= 4 is 5.91 Å². The Bertz CT molecular complexity index is 704. The molecule has 0 aromatic carbocycles. The molecule has 1 aliphatic rings. The van der Waals surface area contributed by atoms with Crippen LogP contribution in [0.15, 0.2) is 6.07 Å². The average Bonchev–Trinajstić information content (AvgIpc) is 3.04. The van der Waals surface area contributed by atoms with Gasteiger partial charge >= 0.3 is 0 Å². The van der Waals surface area contributed by atoms with Gasteiger partial charge in [0.2, 0.25) is 5.91 Å². The summed E-state index contributed by atoms with van der Waals surface area (Å²) in [6.45, 7) is 5.34. The van der Waals surface area contributed by atoms with Crippen LogP contribution in [0.4, 0.5) is 0 Å². The topological polar surface area (TPSA) is 78.1 Å². The van der Waals surface area contributed by atoms with Crippen LogP contribution >= 0.6 is 0 Å². The first-order valence-electron chi connectivity index (χ1n) is 7.25. The monoisotopic (exact) mass is 304 g/mol. The van der Waals surface area contributed by atoms with Crippen LogP contribution in [0.2, 0.25) is 0 Å². The van der Waals surface area contributed by atoms with E-state index in [-0.39, 0.29) is 11.9 Å². The molecule has 0 saturated carbocycles. The van der Waals surface area contributed by atoms with Gasteiger partial charge in [0.25, 0.3) is 0 Å². The van der Waals surface area contributed by atoms with Crippen molar-refractivity contribution in [1.82, 2.24) is 29.4 Å². The Kier molecular flexibility index (Phi) is 3.69. The molecule has 22 heavy (non-hydrogen) atoms. The van der Waals surface area contributed by atoms with Gasteiger partial charge in [-0.15, -0.1) is 10.2 Å². The molecule has 1 atom stereocenters. The number of hydrogen-bond donors (Lipinski definition) is 0. The normalized spacial score (nSPS) is 17.9. The van der Waals surface area contributed by atoms with Gasteiger partial charge in [-0.05, 0) is 19.9 Å². The Morgan fingerprint density at radius 2 is 2.18 bits per heavy atom. The van der Waals surface area contributed by atoms with E-state index < -0.39 is 0 Å². The zero-order valence-corrected chi connectivity index (χ0v) is 13.3. The molecule has 0 N–H and O–H groups in total. The molecule has 118 valence electrons. The highest BCUT2D eigenvalue weighted by Crippen LogP contribution is 2.28. The van der Waals surface area contributed by atoms with Gasteiger partial charge in [-0.1, -0.05) is 0 Å². The number of carbonyl (C=O) groups is 1. The van der Waals surface area contributed by atoms with E-state index in [0.717, 1.165) is 17.2 Å². The minimum atomic E-state index is -0.333. The first kappa shape index (κ1) is 14.7. The van der Waals surface area contributed by atoms with E-state index >= 15 is 0 Å². The lowest BCUT2D eigenvalue weighted by Gasteiger charge is -2.31. The molecule has 3 rings (SSSR count). The second kappa shape index (κ2) is 5.53. The van der Waals surface area contributed by atoms with Crippen LogP contribution in [0.3, 0.4) is 0 Å². The highest BCUT2D eigenvalue weighted by atomic mass is 16.5. The molecule has 2 aromatic heterocycles. The lowest BCUT2D eigenvalue weighted by Crippen LogP contribution is -2.43. The Hall–Kier alpha value is -2.22. The summed E-state index contributed by atoms with van der Waals surface area (Å²) in [6, 6.07) is 1.62. The van der Waals surface area contributed by atoms with Crippen LogP contribution in [-0.4, -0.2) is 55.6 Å². The number of aromatic nitrogens is 5. The van der Waals surface area contributed by atoms with Crippen LogP contribution in [0, 0.1) is 6.92 Å². The lowest BCUT2D eigenvalue weighted by atomic mass is 10.2. The molecule has 0 saturated heterocycles. The highest BCUT2D eigenvalue weighted by Gasteiger charge is 2.33. The number of hydrogen-bond acceptors (Lipinski definition) is 5. The predicted octanol–water partition coefficient (Wildman–Crippen LogP) is 0.537. The van der Waals surface area contributed by atoms with E-state index in [1.54, 1.807) is 16.7 Å². The molecule has 1 aliphatic heterocycles. The molecule has 0 unspecified atom stereocenters. The third-order valence-corrected chi connectivity index (χ3v) is 3.95. The molecule has 0 fully saturated rings. The molecule has 0 radical (unpaired) electrons. The molecule has 0 spiro atoms. The van der Waals surface area contributed by atoms with Gasteiger partial charge in [-0.3, -0.25) is 14.0 Å². The molecule has 1 amide bonds. The summed E-state index contributed by atoms with van der Waals surface area (Å²) < 4.78 is 8.73. The minimum absolute atomic E-state index is 0.0597. The van der Waals surface area contributed by atoms with Crippen LogP contribution in [0.1, 0.15) is 24.5 Å². The van der Waals surface area contributed by atoms with Crippen molar-refractivity contribution in [1.29, 1.82) is 0 Å². The predicted molar refractivity (Wildman–Crippen MR) is 79.0 cm³/mol. The molecular formula is C14H20N6O2. The maximum atomic E-state index is 12.5. The number of nitrogens with zero attached hydrogens (tertiary/aromatic N) is 6. The van der Waals surface area contributed by atoms with Crippen molar-refractivity contribution in [3.05, 3.63) is 17.6 Å². The third kappa shape index (κ3) is 2.29. The molecule has 0 bridgehead atoms. The minimum Gasteiger partial charge on any atom is -0.383 e. The number of rotatable bonds is 4. The fraction of sp³-hybridized carbons (Fsp3) is 0.571. The van der Waals surface area contributed by atoms with Gasteiger partial charge in [0.15, 0.2) is 11.6 Å². The summed E-state index contributed by atoms with van der Waals surface area (Å²) in [5.74, 6) is 1.53. The summed E-state index contributed by atoms with van der Waals surface area (Å²) in [4.78, 5) is 14.3. The second-order valence-corrected chi connectivity index (χ2v) is 5.53. The van der Waals surface area contributed by atoms with Crippen LogP contribution in [0.5, 0.6) is 0 Å². The van der Waals surface area contributed by atoms with Gasteiger partial charge < -0.3 is 9.64 Å². The zero-order valence-electron chi connectivity index (χ0n) is 13.3. The van der Waals surface area contributed by atoms with E-state index in [0.29, 0.717) is 25.5 Å². The zero-order chi connectivity index (χ0) is 15.9. The smallest absolute Gasteiger partial charge is 0.245 e. The van der Waals surface area contributed by atoms with Crippen molar-refractivity contribution in [2.24, 2.45) is 7.05 Å². The van der Waals surface area contributed by atoms with Gasteiger partial charge in [0.05, 0.1) is 18.8 Å². The molecule has 2 aromatic rings. The molecule has 8 heteroatoms.